The Labute approximate surface area is 406 Å². The van der Waals surface area contributed by atoms with Crippen molar-refractivity contribution in [3.05, 3.63) is 94.1 Å². The molecular formula is C53H70N2O14+2. The molecule has 374 valence electrons. The third-order valence-corrected chi connectivity index (χ3v) is 13.7. The summed E-state index contributed by atoms with van der Waals surface area (Å²) in [7, 11) is 20.6. The van der Waals surface area contributed by atoms with Crippen LogP contribution in [0.1, 0.15) is 58.3 Å². The largest absolute Gasteiger partial charge is 0.493 e. The normalized spacial score (nSPS) is 19.4. The first-order valence-corrected chi connectivity index (χ1v) is 23.1. The number of ether oxygens (including phenoxy) is 12. The average molecular weight is 959 g/mol. The average Bonchev–Trinajstić information content (AvgIpc) is 3.37. The van der Waals surface area contributed by atoms with E-state index in [1.807, 2.05) is 36.4 Å². The number of hydrogen-bond acceptors (Lipinski definition) is 14. The molecule has 0 saturated heterocycles. The van der Waals surface area contributed by atoms with Crippen LogP contribution in [0.2, 0.25) is 0 Å². The Balaban J connectivity index is 1.08. The van der Waals surface area contributed by atoms with Crippen molar-refractivity contribution < 1.29 is 75.4 Å². The molecule has 0 bridgehead atoms. The summed E-state index contributed by atoms with van der Waals surface area (Å²) in [6.07, 6.45) is 5.68. The fourth-order valence-corrected chi connectivity index (χ4v) is 10.1. The lowest BCUT2D eigenvalue weighted by atomic mass is 9.85. The highest BCUT2D eigenvalue weighted by atomic mass is 16.6. The summed E-state index contributed by atoms with van der Waals surface area (Å²) in [5, 5.41) is 0. The van der Waals surface area contributed by atoms with E-state index in [1.165, 1.54) is 5.56 Å². The van der Waals surface area contributed by atoms with E-state index in [1.54, 1.807) is 71.1 Å². The van der Waals surface area contributed by atoms with Crippen molar-refractivity contribution in [2.45, 2.75) is 44.2 Å². The second-order valence-electron chi connectivity index (χ2n) is 17.7. The number of methoxy groups -OCH3 is 10. The van der Waals surface area contributed by atoms with Crippen LogP contribution in [0.15, 0.2) is 60.7 Å². The van der Waals surface area contributed by atoms with Gasteiger partial charge in [-0.2, -0.15) is 0 Å². The molecule has 2 aliphatic heterocycles. The number of benzene rings is 4. The van der Waals surface area contributed by atoms with E-state index in [9.17, 15) is 9.59 Å². The van der Waals surface area contributed by atoms with Crippen LogP contribution >= 0.6 is 0 Å². The fourth-order valence-electron chi connectivity index (χ4n) is 10.1. The topological polar surface area (TPSA) is 145 Å². The molecule has 2 aliphatic rings. The SMILES string of the molecule is COc1cc2c(cc1OC)[C@H](c1cc(OC)c(OC)c(OC)c1)[N@@+](C)(CCCOC(=O)/C=C/C(=O)OCCC[N@+]1(C)CCc3cc(OC)c(OC)cc3[C@H]1Cc1cc(OC)c(OC)c(OC)c1)CC2. The molecule has 0 N–H and O–H groups in total. The Morgan fingerprint density at radius 2 is 0.884 bits per heavy atom. The Morgan fingerprint density at radius 3 is 1.33 bits per heavy atom. The van der Waals surface area contributed by atoms with E-state index in [-0.39, 0.29) is 25.3 Å². The maximum Gasteiger partial charge on any atom is 0.331 e. The maximum absolute atomic E-state index is 12.9. The molecule has 4 atom stereocenters. The van der Waals surface area contributed by atoms with Gasteiger partial charge in [0, 0.05) is 60.9 Å². The third kappa shape index (κ3) is 11.3. The van der Waals surface area contributed by atoms with Crippen LogP contribution in [0.4, 0.5) is 0 Å². The molecule has 6 rings (SSSR count). The van der Waals surface area contributed by atoms with Crippen LogP contribution in [0.5, 0.6) is 57.5 Å². The van der Waals surface area contributed by atoms with Crippen molar-refractivity contribution >= 4 is 11.9 Å². The van der Waals surface area contributed by atoms with E-state index in [0.29, 0.717) is 98.8 Å². The fraction of sp³-hybridized carbons (Fsp3) is 0.472. The molecule has 0 spiro atoms. The number of esters is 2. The van der Waals surface area contributed by atoms with Gasteiger partial charge in [-0.15, -0.1) is 0 Å². The molecule has 0 fully saturated rings. The number of carbonyl (C=O) groups excluding carboxylic acids is 2. The Kier molecular flexibility index (Phi) is 17.4. The molecule has 0 radical (unpaired) electrons. The van der Waals surface area contributed by atoms with Crippen molar-refractivity contribution in [3.63, 3.8) is 0 Å². The summed E-state index contributed by atoms with van der Waals surface area (Å²) in [4.78, 5) is 25.8. The quantitative estimate of drug-likeness (QED) is 0.0318. The summed E-state index contributed by atoms with van der Waals surface area (Å²) in [5.74, 6) is 4.71. The number of rotatable bonds is 23. The van der Waals surface area contributed by atoms with Crippen molar-refractivity contribution in [3.8, 4) is 57.5 Å². The molecule has 4 aromatic rings. The van der Waals surface area contributed by atoms with Gasteiger partial charge < -0.3 is 65.8 Å². The second-order valence-corrected chi connectivity index (χ2v) is 17.7. The lowest BCUT2D eigenvalue weighted by Crippen LogP contribution is -2.52. The molecule has 0 unspecified atom stereocenters. The standard InChI is InChI=1S/C53H70N2O14/c1-54(21-17-35-28-41(58-3)43(60-5)32-38(35)40(54)25-34-26-45(62-7)52(66-11)46(27-34)63-8)19-13-23-68-49(56)15-16-50(57)69-24-14-20-55(2)22-18-36-29-42(59-4)44(61-6)33-39(36)51(55)37-30-47(64-9)53(67-12)48(31-37)65-10/h15-16,26-33,40,51H,13-14,17-25H2,1-12H3/q+2/b16-15+/t40-,51+,54-,55+/m1/s1. The predicted octanol–water partition coefficient (Wildman–Crippen LogP) is 7.27. The number of quaternary nitrogens is 2. The molecule has 0 saturated carbocycles. The Hall–Kier alpha value is -6.52. The van der Waals surface area contributed by atoms with Crippen molar-refractivity contribution in [1.29, 1.82) is 0 Å². The van der Waals surface area contributed by atoms with Gasteiger partial charge >= 0.3 is 11.9 Å². The minimum atomic E-state index is -0.622. The zero-order valence-corrected chi connectivity index (χ0v) is 42.3. The minimum absolute atomic E-state index is 0.00465. The molecular weight excluding hydrogens is 889 g/mol. The molecule has 16 heteroatoms. The van der Waals surface area contributed by atoms with Gasteiger partial charge in [0.25, 0.3) is 0 Å². The molecule has 0 aromatic heterocycles. The second kappa shape index (κ2) is 23.2. The highest BCUT2D eigenvalue weighted by molar-refractivity contribution is 5.91. The van der Waals surface area contributed by atoms with Crippen molar-refractivity contribution in [2.24, 2.45) is 0 Å². The summed E-state index contributed by atoms with van der Waals surface area (Å²) >= 11 is 0. The van der Waals surface area contributed by atoms with E-state index < -0.39 is 11.9 Å². The van der Waals surface area contributed by atoms with Gasteiger partial charge in [-0.3, -0.25) is 0 Å². The van der Waals surface area contributed by atoms with Gasteiger partial charge in [-0.1, -0.05) is 0 Å². The molecule has 16 nitrogen and oxygen atoms in total. The Bertz CT molecular complexity index is 2420. The number of hydrogen-bond donors (Lipinski definition) is 0. The van der Waals surface area contributed by atoms with Crippen LogP contribution in [-0.2, 0) is 38.3 Å². The lowest BCUT2D eigenvalue weighted by molar-refractivity contribution is -0.941. The first-order chi connectivity index (χ1) is 33.3. The maximum atomic E-state index is 12.9. The van der Waals surface area contributed by atoms with Crippen LogP contribution in [0, 0.1) is 0 Å². The lowest BCUT2D eigenvalue weighted by Gasteiger charge is -2.46. The zero-order chi connectivity index (χ0) is 49.9. The first-order valence-electron chi connectivity index (χ1n) is 23.1. The number of carbonyl (C=O) groups is 2. The number of fused-ring (bicyclic) bond motifs is 2. The van der Waals surface area contributed by atoms with Gasteiger partial charge in [-0.25, -0.2) is 9.59 Å². The molecule has 4 aromatic carbocycles. The highest BCUT2D eigenvalue weighted by Crippen LogP contribution is 2.49. The van der Waals surface area contributed by atoms with Crippen LogP contribution in [0.3, 0.4) is 0 Å². The Morgan fingerprint density at radius 1 is 0.493 bits per heavy atom. The van der Waals surface area contributed by atoms with Crippen LogP contribution < -0.4 is 47.4 Å². The summed E-state index contributed by atoms with van der Waals surface area (Å²) in [6, 6.07) is 16.0. The zero-order valence-electron chi connectivity index (χ0n) is 42.3. The smallest absolute Gasteiger partial charge is 0.331 e. The summed E-state index contributed by atoms with van der Waals surface area (Å²) < 4.78 is 69.5. The van der Waals surface area contributed by atoms with Crippen molar-refractivity contribution in [2.75, 3.05) is 125 Å². The number of likely N-dealkylation sites (N-methyl/N-ethyl adjacent to an activating group) is 2. The molecule has 69 heavy (non-hydrogen) atoms. The summed E-state index contributed by atoms with van der Waals surface area (Å²) in [5.41, 5.74) is 6.57. The van der Waals surface area contributed by atoms with E-state index in [2.05, 4.69) is 26.2 Å². The predicted molar refractivity (Wildman–Crippen MR) is 259 cm³/mol. The van der Waals surface area contributed by atoms with E-state index in [0.717, 1.165) is 65.9 Å². The van der Waals surface area contributed by atoms with E-state index in [4.69, 9.17) is 56.8 Å². The molecule has 0 aliphatic carbocycles. The van der Waals surface area contributed by atoms with Crippen LogP contribution in [-0.4, -0.2) is 145 Å². The van der Waals surface area contributed by atoms with Gasteiger partial charge in [-0.05, 0) is 65.2 Å². The minimum Gasteiger partial charge on any atom is -0.493 e. The number of nitrogens with zero attached hydrogens (tertiary/aromatic N) is 2. The third-order valence-electron chi connectivity index (χ3n) is 13.7. The van der Waals surface area contributed by atoms with Crippen LogP contribution in [0.25, 0.3) is 0 Å². The van der Waals surface area contributed by atoms with Gasteiger partial charge in [0.1, 0.15) is 12.1 Å². The van der Waals surface area contributed by atoms with Gasteiger partial charge in [0.15, 0.2) is 46.0 Å². The highest BCUT2D eigenvalue weighted by Gasteiger charge is 2.43. The van der Waals surface area contributed by atoms with Crippen molar-refractivity contribution in [1.82, 2.24) is 0 Å². The van der Waals surface area contributed by atoms with E-state index >= 15 is 0 Å². The molecule has 0 amide bonds. The first kappa shape index (κ1) is 51.9. The monoisotopic (exact) mass is 958 g/mol. The van der Waals surface area contributed by atoms with Gasteiger partial charge in [0.05, 0.1) is 125 Å². The molecule has 2 heterocycles. The van der Waals surface area contributed by atoms with Gasteiger partial charge in [0.2, 0.25) is 11.5 Å². The summed E-state index contributed by atoms with van der Waals surface area (Å²) in [6.45, 7) is 3.36.